The van der Waals surface area contributed by atoms with Crippen LogP contribution in [0.15, 0.2) is 21.5 Å². The van der Waals surface area contributed by atoms with Gasteiger partial charge >= 0.3 is 0 Å². The molecular formula is C16H28IN5O. The van der Waals surface area contributed by atoms with Crippen molar-refractivity contribution in [2.75, 3.05) is 46.3 Å². The minimum atomic E-state index is 0. The zero-order valence-electron chi connectivity index (χ0n) is 14.2. The average Bonchev–Trinajstić information content (AvgIpc) is 2.99. The summed E-state index contributed by atoms with van der Waals surface area (Å²) in [5.41, 5.74) is 0. The number of aryl methyl sites for hydroxylation is 1. The predicted molar refractivity (Wildman–Crippen MR) is 104 cm³/mol. The fourth-order valence-electron chi connectivity index (χ4n) is 3.29. The van der Waals surface area contributed by atoms with Crippen LogP contribution in [0, 0.1) is 6.92 Å². The van der Waals surface area contributed by atoms with Crippen LogP contribution in [-0.4, -0.2) is 68.1 Å². The van der Waals surface area contributed by atoms with Crippen molar-refractivity contribution in [3.63, 3.8) is 0 Å². The molecule has 3 aliphatic rings. The van der Waals surface area contributed by atoms with E-state index in [1.54, 1.807) is 0 Å². The second-order valence-corrected chi connectivity index (χ2v) is 6.26. The normalized spacial score (nSPS) is 28.1. The summed E-state index contributed by atoms with van der Waals surface area (Å²) in [5.74, 6) is 2.71. The molecule has 0 saturated carbocycles. The van der Waals surface area contributed by atoms with E-state index >= 15 is 0 Å². The van der Waals surface area contributed by atoms with Crippen LogP contribution in [-0.2, 0) is 0 Å². The molecule has 23 heavy (non-hydrogen) atoms. The number of hydrogen-bond acceptors (Lipinski definition) is 4. The van der Waals surface area contributed by atoms with Gasteiger partial charge in [-0.1, -0.05) is 0 Å². The van der Waals surface area contributed by atoms with E-state index in [4.69, 9.17) is 4.42 Å². The van der Waals surface area contributed by atoms with E-state index in [-0.39, 0.29) is 30.0 Å². The summed E-state index contributed by atoms with van der Waals surface area (Å²) >= 11 is 0. The van der Waals surface area contributed by atoms with E-state index < -0.39 is 0 Å². The maximum absolute atomic E-state index is 5.67. The molecule has 0 aromatic carbocycles. The number of aliphatic imine (C=N–C) groups is 1. The van der Waals surface area contributed by atoms with Gasteiger partial charge in [-0.15, -0.1) is 24.0 Å². The largest absolute Gasteiger partial charge is 0.464 e. The van der Waals surface area contributed by atoms with Gasteiger partial charge in [0.2, 0.25) is 0 Å². The standard InChI is InChI=1S/C16H27N5O.HI/c1-12-4-5-15(22-12)13(2)19-16(17-3)18-10-14-11-20-6-8-21(14)9-7-20;/h4-5,13-14H,6-11H2,1-3H3,(H2,17,18,19);1H. The van der Waals surface area contributed by atoms with Gasteiger partial charge in [-0.3, -0.25) is 14.8 Å². The molecule has 1 aromatic heterocycles. The molecular weight excluding hydrogens is 405 g/mol. The van der Waals surface area contributed by atoms with Gasteiger partial charge in [0.05, 0.1) is 6.04 Å². The molecule has 1 aromatic rings. The molecule has 0 spiro atoms. The van der Waals surface area contributed by atoms with Crippen LogP contribution >= 0.6 is 24.0 Å². The Labute approximate surface area is 155 Å². The molecule has 4 heterocycles. The summed E-state index contributed by atoms with van der Waals surface area (Å²) in [7, 11) is 1.81. The molecule has 2 N–H and O–H groups in total. The molecule has 2 unspecified atom stereocenters. The summed E-state index contributed by atoms with van der Waals surface area (Å²) in [6.07, 6.45) is 0. The van der Waals surface area contributed by atoms with Crippen molar-refractivity contribution >= 4 is 29.9 Å². The Hall–Kier alpha value is -0.800. The number of rotatable bonds is 4. The Morgan fingerprint density at radius 3 is 2.61 bits per heavy atom. The zero-order chi connectivity index (χ0) is 15.5. The van der Waals surface area contributed by atoms with Crippen LogP contribution in [0.25, 0.3) is 0 Å². The van der Waals surface area contributed by atoms with Crippen LogP contribution in [0.1, 0.15) is 24.5 Å². The summed E-state index contributed by atoms with van der Waals surface area (Å²) in [6, 6.07) is 4.69. The van der Waals surface area contributed by atoms with E-state index in [1.165, 1.54) is 26.2 Å². The van der Waals surface area contributed by atoms with Crippen molar-refractivity contribution in [1.82, 2.24) is 20.4 Å². The third kappa shape index (κ3) is 4.60. The van der Waals surface area contributed by atoms with Gasteiger partial charge in [-0.05, 0) is 26.0 Å². The molecule has 4 rings (SSSR count). The highest BCUT2D eigenvalue weighted by Crippen LogP contribution is 2.16. The lowest BCUT2D eigenvalue weighted by atomic mass is 10.1. The summed E-state index contributed by atoms with van der Waals surface area (Å²) < 4.78 is 5.67. The van der Waals surface area contributed by atoms with Crippen molar-refractivity contribution in [2.45, 2.75) is 25.9 Å². The molecule has 0 radical (unpaired) electrons. The molecule has 3 fully saturated rings. The summed E-state index contributed by atoms with van der Waals surface area (Å²) in [5, 5.41) is 6.85. The smallest absolute Gasteiger partial charge is 0.191 e. The number of hydrogen-bond donors (Lipinski definition) is 2. The first-order valence-electron chi connectivity index (χ1n) is 8.15. The maximum atomic E-state index is 5.67. The number of furan rings is 1. The lowest BCUT2D eigenvalue weighted by Gasteiger charge is -2.47. The fourth-order valence-corrected chi connectivity index (χ4v) is 3.29. The van der Waals surface area contributed by atoms with Crippen molar-refractivity contribution in [3.05, 3.63) is 23.7 Å². The number of fused-ring (bicyclic) bond motifs is 3. The molecule has 2 atom stereocenters. The molecule has 3 aliphatic heterocycles. The zero-order valence-corrected chi connectivity index (χ0v) is 16.5. The topological polar surface area (TPSA) is 56.0 Å². The highest BCUT2D eigenvalue weighted by molar-refractivity contribution is 14.0. The molecule has 2 bridgehead atoms. The first kappa shape index (κ1) is 18.5. The van der Waals surface area contributed by atoms with E-state index in [1.807, 2.05) is 26.1 Å². The van der Waals surface area contributed by atoms with Crippen LogP contribution in [0.2, 0.25) is 0 Å². The van der Waals surface area contributed by atoms with Crippen LogP contribution in [0.4, 0.5) is 0 Å². The van der Waals surface area contributed by atoms with Crippen LogP contribution in [0.5, 0.6) is 0 Å². The quantitative estimate of drug-likeness (QED) is 0.428. The molecule has 0 aliphatic carbocycles. The first-order valence-corrected chi connectivity index (χ1v) is 8.15. The predicted octanol–water partition coefficient (Wildman–Crippen LogP) is 1.43. The molecule has 3 saturated heterocycles. The Kier molecular flexibility index (Phi) is 6.72. The van der Waals surface area contributed by atoms with Gasteiger partial charge in [0.15, 0.2) is 5.96 Å². The number of piperazine rings is 3. The van der Waals surface area contributed by atoms with Gasteiger partial charge < -0.3 is 15.1 Å². The van der Waals surface area contributed by atoms with Crippen molar-refractivity contribution < 1.29 is 4.42 Å². The first-order chi connectivity index (χ1) is 10.7. The minimum Gasteiger partial charge on any atom is -0.464 e. The molecule has 0 amide bonds. The van der Waals surface area contributed by atoms with Crippen LogP contribution < -0.4 is 10.6 Å². The molecule has 6 nitrogen and oxygen atoms in total. The lowest BCUT2D eigenvalue weighted by molar-refractivity contribution is 0.0154. The molecule has 7 heteroatoms. The SMILES string of the molecule is CN=C(NCC1CN2CCN1CC2)NC(C)c1ccc(C)o1.I. The summed E-state index contributed by atoms with van der Waals surface area (Å²) in [4.78, 5) is 9.46. The Bertz CT molecular complexity index is 524. The van der Waals surface area contributed by atoms with Crippen LogP contribution in [0.3, 0.4) is 0 Å². The minimum absolute atomic E-state index is 0. The van der Waals surface area contributed by atoms with Crippen molar-refractivity contribution in [1.29, 1.82) is 0 Å². The van der Waals surface area contributed by atoms with Gasteiger partial charge in [-0.2, -0.15) is 0 Å². The summed E-state index contributed by atoms with van der Waals surface area (Å²) in [6.45, 7) is 11.0. The second kappa shape index (κ2) is 8.34. The Morgan fingerprint density at radius 2 is 2.09 bits per heavy atom. The van der Waals surface area contributed by atoms with Gasteiger partial charge in [0.25, 0.3) is 0 Å². The van der Waals surface area contributed by atoms with E-state index in [2.05, 4.69) is 32.3 Å². The highest BCUT2D eigenvalue weighted by atomic mass is 127. The average molecular weight is 433 g/mol. The van der Waals surface area contributed by atoms with Crippen molar-refractivity contribution in [3.8, 4) is 0 Å². The monoisotopic (exact) mass is 433 g/mol. The highest BCUT2D eigenvalue weighted by Gasteiger charge is 2.31. The van der Waals surface area contributed by atoms with Gasteiger partial charge in [-0.25, -0.2) is 0 Å². The van der Waals surface area contributed by atoms with E-state index in [0.717, 1.165) is 30.6 Å². The molecule has 130 valence electrons. The fraction of sp³-hybridized carbons (Fsp3) is 0.688. The van der Waals surface area contributed by atoms with E-state index in [0.29, 0.717) is 6.04 Å². The van der Waals surface area contributed by atoms with Crippen molar-refractivity contribution in [2.24, 2.45) is 4.99 Å². The maximum Gasteiger partial charge on any atom is 0.191 e. The Morgan fingerprint density at radius 1 is 1.35 bits per heavy atom. The number of nitrogens with zero attached hydrogens (tertiary/aromatic N) is 3. The van der Waals surface area contributed by atoms with E-state index in [9.17, 15) is 0 Å². The number of nitrogens with one attached hydrogen (secondary N) is 2. The number of halogens is 1. The third-order valence-electron chi connectivity index (χ3n) is 4.66. The Balaban J connectivity index is 0.00000192. The van der Waals surface area contributed by atoms with Gasteiger partial charge in [0.1, 0.15) is 11.5 Å². The lowest BCUT2D eigenvalue weighted by Crippen LogP contribution is -2.63. The number of guanidine groups is 1. The second-order valence-electron chi connectivity index (χ2n) is 6.26. The van der Waals surface area contributed by atoms with Gasteiger partial charge in [0, 0.05) is 52.4 Å². The third-order valence-corrected chi connectivity index (χ3v) is 4.66.